The van der Waals surface area contributed by atoms with E-state index in [-0.39, 0.29) is 10.6 Å². The van der Waals surface area contributed by atoms with Crippen molar-refractivity contribution in [3.8, 4) is 0 Å². The molecule has 0 saturated carbocycles. The first kappa shape index (κ1) is 19.2. The molecule has 1 aliphatic heterocycles. The van der Waals surface area contributed by atoms with Crippen molar-refractivity contribution < 1.29 is 22.0 Å². The molecule has 1 saturated heterocycles. The van der Waals surface area contributed by atoms with Crippen LogP contribution in [0.3, 0.4) is 0 Å². The van der Waals surface area contributed by atoms with Gasteiger partial charge in [-0.2, -0.15) is 4.31 Å². The van der Waals surface area contributed by atoms with E-state index in [9.17, 15) is 22.0 Å². The van der Waals surface area contributed by atoms with Crippen molar-refractivity contribution >= 4 is 27.3 Å². The molecule has 2 rings (SSSR count). The van der Waals surface area contributed by atoms with Gasteiger partial charge in [0.1, 0.15) is 4.21 Å². The number of nitrogens with two attached hydrogens (primary N) is 1. The van der Waals surface area contributed by atoms with Gasteiger partial charge < -0.3 is 11.1 Å². The zero-order valence-corrected chi connectivity index (χ0v) is 14.8. The molecule has 0 aromatic carbocycles. The molecule has 136 valence electrons. The van der Waals surface area contributed by atoms with Crippen molar-refractivity contribution in [1.29, 1.82) is 0 Å². The van der Waals surface area contributed by atoms with Crippen LogP contribution in [0.25, 0.3) is 0 Å². The number of nitrogens with zero attached hydrogens (tertiary/aromatic N) is 1. The van der Waals surface area contributed by atoms with Crippen LogP contribution in [0, 0.1) is 0 Å². The zero-order valence-electron chi connectivity index (χ0n) is 13.1. The van der Waals surface area contributed by atoms with Gasteiger partial charge in [0.05, 0.1) is 19.5 Å². The average Bonchev–Trinajstić information content (AvgIpc) is 3.03. The number of halogens is 2. The third kappa shape index (κ3) is 4.95. The van der Waals surface area contributed by atoms with E-state index in [4.69, 9.17) is 5.73 Å². The predicted octanol–water partition coefficient (Wildman–Crippen LogP) is 1.18. The van der Waals surface area contributed by atoms with Crippen molar-refractivity contribution in [2.45, 2.75) is 35.8 Å². The number of rotatable bonds is 7. The van der Waals surface area contributed by atoms with Gasteiger partial charge in [0.15, 0.2) is 0 Å². The number of nitrogens with one attached hydrogen (secondary N) is 1. The van der Waals surface area contributed by atoms with Crippen LogP contribution >= 0.6 is 11.3 Å². The van der Waals surface area contributed by atoms with Crippen LogP contribution in [-0.2, 0) is 21.2 Å². The van der Waals surface area contributed by atoms with E-state index < -0.39 is 34.9 Å². The summed E-state index contributed by atoms with van der Waals surface area (Å²) in [5.74, 6) is -3.74. The SMILES string of the molecule is NCC(F)(F)CNC(=O)Cc1ccc(S(=O)(=O)N2CCCCC2)s1. The maximum atomic E-state index is 13.0. The molecule has 0 radical (unpaired) electrons. The van der Waals surface area contributed by atoms with E-state index in [0.29, 0.717) is 18.0 Å². The molecule has 1 fully saturated rings. The summed E-state index contributed by atoms with van der Waals surface area (Å²) >= 11 is 0.998. The summed E-state index contributed by atoms with van der Waals surface area (Å²) in [7, 11) is -3.53. The normalized spacial score (nSPS) is 17.0. The van der Waals surface area contributed by atoms with Gasteiger partial charge >= 0.3 is 0 Å². The van der Waals surface area contributed by atoms with Gasteiger partial charge in [-0.1, -0.05) is 6.42 Å². The molecule has 0 bridgehead atoms. The second-order valence-corrected chi connectivity index (χ2v) is 9.03. The lowest BCUT2D eigenvalue weighted by atomic mass is 10.2. The summed E-state index contributed by atoms with van der Waals surface area (Å²) in [5.41, 5.74) is 4.90. The van der Waals surface area contributed by atoms with Crippen molar-refractivity contribution in [3.63, 3.8) is 0 Å². The van der Waals surface area contributed by atoms with E-state index in [1.807, 2.05) is 0 Å². The lowest BCUT2D eigenvalue weighted by Gasteiger charge is -2.25. The number of sulfonamides is 1. The maximum Gasteiger partial charge on any atom is 0.277 e. The van der Waals surface area contributed by atoms with Crippen LogP contribution in [0.2, 0.25) is 0 Å². The lowest BCUT2D eigenvalue weighted by Crippen LogP contribution is -2.41. The first-order valence-electron chi connectivity index (χ1n) is 7.68. The summed E-state index contributed by atoms with van der Waals surface area (Å²) < 4.78 is 52.6. The lowest BCUT2D eigenvalue weighted by molar-refractivity contribution is -0.122. The quantitative estimate of drug-likeness (QED) is 0.742. The Morgan fingerprint density at radius 1 is 1.29 bits per heavy atom. The Hall–Kier alpha value is -1.10. The van der Waals surface area contributed by atoms with Crippen LogP contribution in [-0.4, -0.2) is 50.7 Å². The summed E-state index contributed by atoms with van der Waals surface area (Å²) in [5, 5.41) is 2.11. The molecule has 1 aromatic rings. The Kier molecular flexibility index (Phi) is 6.29. The number of piperidine rings is 1. The number of alkyl halides is 2. The fraction of sp³-hybridized carbons (Fsp3) is 0.643. The standard InChI is InChI=1S/C14H21F2N3O3S2/c15-14(16,9-17)10-18-12(20)8-11-4-5-13(23-11)24(21,22)19-6-2-1-3-7-19/h4-5H,1-3,6-10,17H2,(H,18,20). The third-order valence-corrected chi connectivity index (χ3v) is 7.18. The summed E-state index contributed by atoms with van der Waals surface area (Å²) in [6.07, 6.45) is 2.57. The Morgan fingerprint density at radius 3 is 2.58 bits per heavy atom. The number of amides is 1. The van der Waals surface area contributed by atoms with E-state index in [1.54, 1.807) is 6.07 Å². The summed E-state index contributed by atoms with van der Waals surface area (Å²) in [6, 6.07) is 3.01. The zero-order chi connectivity index (χ0) is 17.8. The number of carbonyl (C=O) groups excluding carboxylic acids is 1. The van der Waals surface area contributed by atoms with Gasteiger partial charge in [0, 0.05) is 18.0 Å². The van der Waals surface area contributed by atoms with E-state index in [0.717, 1.165) is 30.6 Å². The number of hydrogen-bond donors (Lipinski definition) is 2. The summed E-state index contributed by atoms with van der Waals surface area (Å²) in [6.45, 7) is -0.661. The minimum absolute atomic E-state index is 0.138. The predicted molar refractivity (Wildman–Crippen MR) is 87.6 cm³/mol. The van der Waals surface area contributed by atoms with Gasteiger partial charge in [-0.05, 0) is 25.0 Å². The molecule has 1 aromatic heterocycles. The summed E-state index contributed by atoms with van der Waals surface area (Å²) in [4.78, 5) is 12.2. The fourth-order valence-corrected chi connectivity index (χ4v) is 5.37. The van der Waals surface area contributed by atoms with Gasteiger partial charge in [-0.3, -0.25) is 4.79 Å². The van der Waals surface area contributed by atoms with Crippen LogP contribution in [0.1, 0.15) is 24.1 Å². The Morgan fingerprint density at radius 2 is 1.96 bits per heavy atom. The first-order chi connectivity index (χ1) is 11.2. The maximum absolute atomic E-state index is 13.0. The van der Waals surface area contributed by atoms with Crippen LogP contribution in [0.4, 0.5) is 8.78 Å². The van der Waals surface area contributed by atoms with Gasteiger partial charge in [0.25, 0.3) is 15.9 Å². The smallest absolute Gasteiger partial charge is 0.277 e. The molecule has 1 aliphatic rings. The molecule has 2 heterocycles. The third-order valence-electron chi connectivity index (χ3n) is 3.72. The fourth-order valence-electron chi connectivity index (χ4n) is 2.35. The Labute approximate surface area is 144 Å². The molecular weight excluding hydrogens is 360 g/mol. The number of thiophene rings is 1. The second kappa shape index (κ2) is 7.85. The highest BCUT2D eigenvalue weighted by Crippen LogP contribution is 2.27. The minimum Gasteiger partial charge on any atom is -0.350 e. The van der Waals surface area contributed by atoms with Gasteiger partial charge in [-0.15, -0.1) is 11.3 Å². The van der Waals surface area contributed by atoms with Crippen molar-refractivity contribution in [2.75, 3.05) is 26.2 Å². The highest BCUT2D eigenvalue weighted by Gasteiger charge is 2.29. The Bertz CT molecular complexity index is 671. The Balaban J connectivity index is 1.96. The molecule has 10 heteroatoms. The topological polar surface area (TPSA) is 92.5 Å². The molecule has 24 heavy (non-hydrogen) atoms. The second-order valence-electron chi connectivity index (χ2n) is 5.70. The highest BCUT2D eigenvalue weighted by molar-refractivity contribution is 7.91. The number of carbonyl (C=O) groups is 1. The van der Waals surface area contributed by atoms with Crippen molar-refractivity contribution in [1.82, 2.24) is 9.62 Å². The number of hydrogen-bond acceptors (Lipinski definition) is 5. The van der Waals surface area contributed by atoms with Crippen molar-refractivity contribution in [2.24, 2.45) is 5.73 Å². The van der Waals surface area contributed by atoms with E-state index in [1.165, 1.54) is 10.4 Å². The molecule has 0 aliphatic carbocycles. The van der Waals surface area contributed by atoms with E-state index >= 15 is 0 Å². The molecule has 3 N–H and O–H groups in total. The van der Waals surface area contributed by atoms with Crippen molar-refractivity contribution in [3.05, 3.63) is 17.0 Å². The van der Waals surface area contributed by atoms with Crippen LogP contribution in [0.15, 0.2) is 16.3 Å². The van der Waals surface area contributed by atoms with Crippen LogP contribution in [0.5, 0.6) is 0 Å². The molecule has 6 nitrogen and oxygen atoms in total. The first-order valence-corrected chi connectivity index (χ1v) is 9.94. The molecular formula is C14H21F2N3O3S2. The monoisotopic (exact) mass is 381 g/mol. The van der Waals surface area contributed by atoms with E-state index in [2.05, 4.69) is 5.32 Å². The molecule has 0 atom stereocenters. The van der Waals surface area contributed by atoms with Gasteiger partial charge in [0.2, 0.25) is 5.91 Å². The largest absolute Gasteiger partial charge is 0.350 e. The average molecular weight is 381 g/mol. The molecule has 0 spiro atoms. The minimum atomic E-state index is -3.53. The van der Waals surface area contributed by atoms with Gasteiger partial charge in [-0.25, -0.2) is 17.2 Å². The highest BCUT2D eigenvalue weighted by atomic mass is 32.2. The molecule has 1 amide bonds. The van der Waals surface area contributed by atoms with Crippen LogP contribution < -0.4 is 11.1 Å². The molecule has 0 unspecified atom stereocenters.